The number of carbonyl (C=O) groups is 1. The Morgan fingerprint density at radius 3 is 1.43 bits per heavy atom. The summed E-state index contributed by atoms with van der Waals surface area (Å²) in [6.07, 6.45) is 0. The molecule has 0 saturated heterocycles. The van der Waals surface area contributed by atoms with Gasteiger partial charge in [0.2, 0.25) is 5.91 Å². The Bertz CT molecular complexity index is 581. The number of halogens is 6. The molecule has 0 unspecified atom stereocenters. The number of primary amides is 1. The zero-order valence-electron chi connectivity index (χ0n) is 9.62. The highest BCUT2D eigenvalue weighted by molar-refractivity contribution is 7.86. The van der Waals surface area contributed by atoms with Crippen molar-refractivity contribution in [2.24, 2.45) is 5.73 Å². The van der Waals surface area contributed by atoms with E-state index < -0.39 is 53.9 Å². The molecule has 0 bridgehead atoms. The van der Waals surface area contributed by atoms with Crippen LogP contribution in [0.5, 0.6) is 0 Å². The molecule has 118 valence electrons. The van der Waals surface area contributed by atoms with Crippen molar-refractivity contribution in [3.05, 3.63) is 23.8 Å². The minimum absolute atomic E-state index is 0.208. The van der Waals surface area contributed by atoms with Gasteiger partial charge in [0, 0.05) is 15.4 Å². The molecule has 0 spiro atoms. The molecule has 0 radical (unpaired) electrons. The second-order valence-electron chi connectivity index (χ2n) is 3.49. The molecule has 0 saturated carbocycles. The number of hydrogen-bond donors (Lipinski definition) is 1. The zero-order valence-corrected chi connectivity index (χ0v) is 11.3. The van der Waals surface area contributed by atoms with Crippen molar-refractivity contribution < 1.29 is 39.6 Å². The molecule has 2 N–H and O–H groups in total. The van der Waals surface area contributed by atoms with E-state index in [0.717, 1.165) is 0 Å². The fraction of sp³-hybridized carbons (Fsp3) is 0.222. The molecule has 1 rings (SSSR count). The maximum absolute atomic E-state index is 12.3. The zero-order chi connectivity index (χ0) is 16.6. The Kier molecular flexibility index (Phi) is 4.83. The van der Waals surface area contributed by atoms with Crippen molar-refractivity contribution in [2.75, 3.05) is 0 Å². The second-order valence-corrected chi connectivity index (χ2v) is 6.43. The van der Waals surface area contributed by atoms with Crippen molar-refractivity contribution in [1.29, 1.82) is 0 Å². The average Bonchev–Trinajstić information content (AvgIpc) is 2.34. The maximum Gasteiger partial charge on any atom is 0.475 e. The first kappa shape index (κ1) is 17.6. The molecule has 0 heterocycles. The molecule has 0 aliphatic rings. The molecule has 0 aliphatic carbocycles. The van der Waals surface area contributed by atoms with E-state index in [9.17, 15) is 39.6 Å². The minimum atomic E-state index is -5.26. The average molecular weight is 353 g/mol. The van der Waals surface area contributed by atoms with Gasteiger partial charge in [-0.25, -0.2) is 8.42 Å². The SMILES string of the molecule is NC(=O)c1cc([S@](=O)C(F)(F)F)cc([S@](=O)C(F)(F)F)c1. The number of alkyl halides is 6. The Morgan fingerprint density at radius 2 is 1.19 bits per heavy atom. The van der Waals surface area contributed by atoms with Crippen LogP contribution in [0, 0.1) is 0 Å². The number of amides is 1. The van der Waals surface area contributed by atoms with E-state index in [1.165, 1.54) is 0 Å². The smallest absolute Gasteiger partial charge is 0.366 e. The lowest BCUT2D eigenvalue weighted by Crippen LogP contribution is -2.20. The lowest BCUT2D eigenvalue weighted by atomic mass is 10.2. The van der Waals surface area contributed by atoms with Crippen LogP contribution in [0.3, 0.4) is 0 Å². The third-order valence-electron chi connectivity index (χ3n) is 2.01. The van der Waals surface area contributed by atoms with Gasteiger partial charge < -0.3 is 5.73 Å². The molecular formula is C9H5F6NO3S2. The number of hydrogen-bond acceptors (Lipinski definition) is 3. The maximum atomic E-state index is 12.3. The van der Waals surface area contributed by atoms with Gasteiger partial charge in [0.25, 0.3) is 0 Å². The molecule has 1 aromatic carbocycles. The van der Waals surface area contributed by atoms with E-state index in [0.29, 0.717) is 12.1 Å². The van der Waals surface area contributed by atoms with Gasteiger partial charge in [-0.15, -0.1) is 0 Å². The van der Waals surface area contributed by atoms with Crippen LogP contribution < -0.4 is 5.73 Å². The van der Waals surface area contributed by atoms with Gasteiger partial charge in [-0.2, -0.15) is 26.3 Å². The molecule has 2 atom stereocenters. The van der Waals surface area contributed by atoms with Crippen LogP contribution in [0.1, 0.15) is 10.4 Å². The van der Waals surface area contributed by atoms with Gasteiger partial charge in [-0.3, -0.25) is 4.79 Å². The number of rotatable bonds is 3. The van der Waals surface area contributed by atoms with E-state index in [1.807, 2.05) is 0 Å². The van der Waals surface area contributed by atoms with E-state index in [4.69, 9.17) is 5.73 Å². The molecular weight excluding hydrogens is 348 g/mol. The van der Waals surface area contributed by atoms with E-state index in [2.05, 4.69) is 0 Å². The largest absolute Gasteiger partial charge is 0.475 e. The molecule has 0 aromatic heterocycles. The van der Waals surface area contributed by atoms with Crippen molar-refractivity contribution in [1.82, 2.24) is 0 Å². The lowest BCUT2D eigenvalue weighted by Gasteiger charge is -2.11. The van der Waals surface area contributed by atoms with Crippen molar-refractivity contribution in [3.63, 3.8) is 0 Å². The molecule has 1 aromatic rings. The first-order valence-corrected chi connectivity index (χ1v) is 7.06. The predicted octanol–water partition coefficient (Wildman–Crippen LogP) is 2.04. The summed E-state index contributed by atoms with van der Waals surface area (Å²) in [5.74, 6) is -1.35. The van der Waals surface area contributed by atoms with Crippen LogP contribution in [0.4, 0.5) is 26.3 Å². The van der Waals surface area contributed by atoms with Crippen molar-refractivity contribution in [3.8, 4) is 0 Å². The highest BCUT2D eigenvalue weighted by atomic mass is 32.2. The normalized spacial score (nSPS) is 15.5. The van der Waals surface area contributed by atoms with Gasteiger partial charge in [-0.1, -0.05) is 0 Å². The summed E-state index contributed by atoms with van der Waals surface area (Å²) < 4.78 is 96.2. The Labute approximate surface area is 118 Å². The monoisotopic (exact) mass is 353 g/mol. The van der Waals surface area contributed by atoms with Gasteiger partial charge >= 0.3 is 11.0 Å². The summed E-state index contributed by atoms with van der Waals surface area (Å²) in [7, 11) is -7.38. The summed E-state index contributed by atoms with van der Waals surface area (Å²) in [6.45, 7) is 0. The molecule has 0 fully saturated rings. The lowest BCUT2D eigenvalue weighted by molar-refractivity contribution is -0.0389. The van der Waals surface area contributed by atoms with Crippen LogP contribution in [-0.4, -0.2) is 25.3 Å². The molecule has 21 heavy (non-hydrogen) atoms. The second kappa shape index (κ2) is 5.75. The third-order valence-corrected chi connectivity index (χ3v) is 4.18. The predicted molar refractivity (Wildman–Crippen MR) is 59.9 cm³/mol. The number of benzene rings is 1. The molecule has 12 heteroatoms. The number of carbonyl (C=O) groups excluding carboxylic acids is 1. The Morgan fingerprint density at radius 1 is 0.857 bits per heavy atom. The van der Waals surface area contributed by atoms with Gasteiger partial charge in [0.1, 0.15) is 0 Å². The molecule has 4 nitrogen and oxygen atoms in total. The highest BCUT2D eigenvalue weighted by Crippen LogP contribution is 2.31. The summed E-state index contributed by atoms with van der Waals surface area (Å²) in [5.41, 5.74) is -6.51. The van der Waals surface area contributed by atoms with Crippen LogP contribution in [0.15, 0.2) is 28.0 Å². The first-order valence-electron chi connectivity index (χ1n) is 4.76. The molecule has 0 aliphatic heterocycles. The van der Waals surface area contributed by atoms with Crippen molar-refractivity contribution in [2.45, 2.75) is 20.8 Å². The van der Waals surface area contributed by atoms with Crippen LogP contribution in [-0.2, 0) is 21.6 Å². The Balaban J connectivity index is 3.49. The molecule has 1 amide bonds. The fourth-order valence-corrected chi connectivity index (χ4v) is 2.74. The van der Waals surface area contributed by atoms with E-state index in [-0.39, 0.29) is 6.07 Å². The third kappa shape index (κ3) is 4.27. The van der Waals surface area contributed by atoms with Crippen LogP contribution >= 0.6 is 0 Å². The first-order chi connectivity index (χ1) is 9.34. The minimum Gasteiger partial charge on any atom is -0.366 e. The van der Waals surface area contributed by atoms with Crippen molar-refractivity contribution >= 4 is 27.5 Å². The number of nitrogens with two attached hydrogens (primary N) is 1. The summed E-state index contributed by atoms with van der Waals surface area (Å²) in [6, 6.07) is 1.08. The highest BCUT2D eigenvalue weighted by Gasteiger charge is 2.41. The summed E-state index contributed by atoms with van der Waals surface area (Å²) in [4.78, 5) is 8.62. The van der Waals surface area contributed by atoms with E-state index in [1.54, 1.807) is 0 Å². The topological polar surface area (TPSA) is 77.2 Å². The van der Waals surface area contributed by atoms with Gasteiger partial charge in [0.15, 0.2) is 21.6 Å². The standard InChI is InChI=1S/C9H5F6NO3S2/c10-8(11,12)20(18)5-1-4(7(16)17)2-6(3-5)21(19)9(13,14)15/h1-3H,(H2,16,17)/t20-,21-/m0/s1. The summed E-state index contributed by atoms with van der Waals surface area (Å²) >= 11 is 0. The van der Waals surface area contributed by atoms with Gasteiger partial charge in [0.05, 0.1) is 0 Å². The quantitative estimate of drug-likeness (QED) is 0.845. The Hall–Kier alpha value is -1.43. The van der Waals surface area contributed by atoms with Gasteiger partial charge in [-0.05, 0) is 18.2 Å². The summed E-state index contributed by atoms with van der Waals surface area (Å²) in [5, 5.41) is 0. The fourth-order valence-electron chi connectivity index (χ4n) is 1.20. The van der Waals surface area contributed by atoms with Crippen LogP contribution in [0.25, 0.3) is 0 Å². The van der Waals surface area contributed by atoms with Crippen LogP contribution in [0.2, 0.25) is 0 Å². The van der Waals surface area contributed by atoms with E-state index >= 15 is 0 Å².